The predicted molar refractivity (Wildman–Crippen MR) is 48.5 cm³/mol. The second kappa shape index (κ2) is 4.41. The lowest BCUT2D eigenvalue weighted by atomic mass is 10.2. The molecule has 1 heterocycles. The van der Waals surface area contributed by atoms with Crippen molar-refractivity contribution in [2.24, 2.45) is 0 Å². The molecule has 0 aliphatic heterocycles. The molecule has 0 unspecified atom stereocenters. The van der Waals surface area contributed by atoms with E-state index >= 15 is 0 Å². The van der Waals surface area contributed by atoms with E-state index in [1.165, 1.54) is 6.20 Å². The predicted octanol–water partition coefficient (Wildman–Crippen LogP) is 2.82. The van der Waals surface area contributed by atoms with Gasteiger partial charge in [-0.3, -0.25) is 10.1 Å². The first-order chi connectivity index (χ1) is 6.56. The molecule has 0 spiro atoms. The number of nitro groups is 1. The number of alkyl halides is 3. The lowest BCUT2D eigenvalue weighted by Gasteiger charge is -2.01. The number of pyridine rings is 1. The molecular weight excluding hydrogens is 262 g/mol. The van der Waals surface area contributed by atoms with Crippen LogP contribution in [0.15, 0.2) is 12.3 Å². The number of hydrogen-bond acceptors (Lipinski definition) is 3. The minimum absolute atomic E-state index is 0.338. The molecule has 1 aromatic rings. The van der Waals surface area contributed by atoms with Crippen molar-refractivity contribution in [2.75, 3.05) is 0 Å². The molecule has 0 atom stereocenters. The zero-order valence-corrected chi connectivity index (χ0v) is 8.37. The minimum atomic E-state index is -2.93. The quantitative estimate of drug-likeness (QED) is 0.480. The highest BCUT2D eigenvalue weighted by molar-refractivity contribution is 9.08. The molecular formula is C7H5BrF2N2O2. The van der Waals surface area contributed by atoms with Crippen LogP contribution in [0.4, 0.5) is 14.5 Å². The first-order valence-corrected chi connectivity index (χ1v) is 4.65. The molecule has 0 aliphatic rings. The van der Waals surface area contributed by atoms with Crippen LogP contribution in [0.1, 0.15) is 17.7 Å². The third-order valence-electron chi connectivity index (χ3n) is 1.51. The molecule has 0 N–H and O–H groups in total. The Morgan fingerprint density at radius 3 is 2.71 bits per heavy atom. The van der Waals surface area contributed by atoms with E-state index < -0.39 is 22.7 Å². The molecule has 0 fully saturated rings. The maximum Gasteiger partial charge on any atom is 0.296 e. The second-order valence-electron chi connectivity index (χ2n) is 2.44. The van der Waals surface area contributed by atoms with Gasteiger partial charge in [-0.25, -0.2) is 13.8 Å². The van der Waals surface area contributed by atoms with Crippen molar-refractivity contribution in [1.29, 1.82) is 0 Å². The number of nitrogens with zero attached hydrogens (tertiary/aromatic N) is 2. The Labute approximate surface area is 86.2 Å². The topological polar surface area (TPSA) is 56.0 Å². The zero-order chi connectivity index (χ0) is 10.7. The van der Waals surface area contributed by atoms with Crippen LogP contribution in [0.25, 0.3) is 0 Å². The maximum absolute atomic E-state index is 12.2. The standard InChI is InChI=1S/C7H5BrF2N2O2/c8-2-4-1-5(12(13)14)6(7(9)10)11-3-4/h1,3,7H,2H2. The van der Waals surface area contributed by atoms with Crippen molar-refractivity contribution < 1.29 is 13.7 Å². The summed E-state index contributed by atoms with van der Waals surface area (Å²) >= 11 is 3.05. The highest BCUT2D eigenvalue weighted by atomic mass is 79.9. The smallest absolute Gasteiger partial charge is 0.258 e. The van der Waals surface area contributed by atoms with Gasteiger partial charge in [-0.1, -0.05) is 15.9 Å². The van der Waals surface area contributed by atoms with Crippen LogP contribution in [-0.4, -0.2) is 9.91 Å². The summed E-state index contributed by atoms with van der Waals surface area (Å²) < 4.78 is 24.5. The Morgan fingerprint density at radius 1 is 1.64 bits per heavy atom. The largest absolute Gasteiger partial charge is 0.296 e. The lowest BCUT2D eigenvalue weighted by molar-refractivity contribution is -0.386. The summed E-state index contributed by atoms with van der Waals surface area (Å²) in [5.74, 6) is 0. The Kier molecular flexibility index (Phi) is 3.45. The van der Waals surface area contributed by atoms with Gasteiger partial charge in [0.05, 0.1) is 4.92 Å². The summed E-state index contributed by atoms with van der Waals surface area (Å²) in [7, 11) is 0. The van der Waals surface area contributed by atoms with Gasteiger partial charge in [0.2, 0.25) is 0 Å². The van der Waals surface area contributed by atoms with Crippen LogP contribution in [0.2, 0.25) is 0 Å². The van der Waals surface area contributed by atoms with Crippen molar-refractivity contribution in [3.63, 3.8) is 0 Å². The van der Waals surface area contributed by atoms with Gasteiger partial charge in [0.1, 0.15) is 0 Å². The van der Waals surface area contributed by atoms with Crippen molar-refractivity contribution in [2.45, 2.75) is 11.8 Å². The highest BCUT2D eigenvalue weighted by Crippen LogP contribution is 2.27. The van der Waals surface area contributed by atoms with Gasteiger partial charge < -0.3 is 0 Å². The van der Waals surface area contributed by atoms with Gasteiger partial charge in [0.25, 0.3) is 12.1 Å². The summed E-state index contributed by atoms with van der Waals surface area (Å²) in [5, 5.41) is 10.7. The fourth-order valence-electron chi connectivity index (χ4n) is 0.893. The van der Waals surface area contributed by atoms with Crippen molar-refractivity contribution in [3.8, 4) is 0 Å². The van der Waals surface area contributed by atoms with E-state index in [0.29, 0.717) is 10.9 Å². The van der Waals surface area contributed by atoms with E-state index in [1.54, 1.807) is 0 Å². The normalized spacial score (nSPS) is 10.6. The average molecular weight is 267 g/mol. The molecule has 0 radical (unpaired) electrons. The Hall–Kier alpha value is -1.11. The first-order valence-electron chi connectivity index (χ1n) is 3.53. The zero-order valence-electron chi connectivity index (χ0n) is 6.78. The number of rotatable bonds is 3. The van der Waals surface area contributed by atoms with Crippen molar-refractivity contribution in [1.82, 2.24) is 4.98 Å². The van der Waals surface area contributed by atoms with Crippen LogP contribution in [0.3, 0.4) is 0 Å². The van der Waals surface area contributed by atoms with Crippen LogP contribution < -0.4 is 0 Å². The van der Waals surface area contributed by atoms with Gasteiger partial charge in [0.15, 0.2) is 5.69 Å². The molecule has 0 aliphatic carbocycles. The van der Waals surface area contributed by atoms with Gasteiger partial charge >= 0.3 is 0 Å². The van der Waals surface area contributed by atoms with E-state index in [-0.39, 0.29) is 0 Å². The molecule has 7 heteroatoms. The van der Waals surface area contributed by atoms with E-state index in [4.69, 9.17) is 0 Å². The monoisotopic (exact) mass is 266 g/mol. The van der Waals surface area contributed by atoms with Crippen molar-refractivity contribution >= 4 is 21.6 Å². The Bertz CT molecular complexity index is 360. The minimum Gasteiger partial charge on any atom is -0.258 e. The summed E-state index contributed by atoms with van der Waals surface area (Å²) in [4.78, 5) is 12.9. The Morgan fingerprint density at radius 2 is 2.29 bits per heavy atom. The van der Waals surface area contributed by atoms with Crippen LogP contribution in [-0.2, 0) is 5.33 Å². The number of hydrogen-bond donors (Lipinski definition) is 0. The molecule has 4 nitrogen and oxygen atoms in total. The van der Waals surface area contributed by atoms with Gasteiger partial charge in [0, 0.05) is 17.6 Å². The SMILES string of the molecule is O=[N+]([O-])c1cc(CBr)cnc1C(F)F. The van der Waals surface area contributed by atoms with Crippen LogP contribution >= 0.6 is 15.9 Å². The highest BCUT2D eigenvalue weighted by Gasteiger charge is 2.23. The maximum atomic E-state index is 12.2. The second-order valence-corrected chi connectivity index (χ2v) is 3.00. The lowest BCUT2D eigenvalue weighted by Crippen LogP contribution is -2.00. The molecule has 0 saturated carbocycles. The molecule has 1 aromatic heterocycles. The van der Waals surface area contributed by atoms with Crippen LogP contribution in [0.5, 0.6) is 0 Å². The molecule has 1 rings (SSSR count). The summed E-state index contributed by atoms with van der Waals surface area (Å²) in [5.41, 5.74) is -0.947. The molecule has 0 amide bonds. The number of halogens is 3. The molecule has 0 saturated heterocycles. The van der Waals surface area contributed by atoms with E-state index in [9.17, 15) is 18.9 Å². The fourth-order valence-corrected chi connectivity index (χ4v) is 1.20. The van der Waals surface area contributed by atoms with E-state index in [2.05, 4.69) is 20.9 Å². The third-order valence-corrected chi connectivity index (χ3v) is 2.16. The first kappa shape index (κ1) is 11.0. The molecule has 76 valence electrons. The van der Waals surface area contributed by atoms with Crippen LogP contribution in [0, 0.1) is 10.1 Å². The molecule has 14 heavy (non-hydrogen) atoms. The molecule has 0 bridgehead atoms. The van der Waals surface area contributed by atoms with Gasteiger partial charge in [-0.05, 0) is 5.56 Å². The third kappa shape index (κ3) is 2.22. The van der Waals surface area contributed by atoms with E-state index in [1.807, 2.05) is 0 Å². The van der Waals surface area contributed by atoms with E-state index in [0.717, 1.165) is 6.07 Å². The summed E-state index contributed by atoms with van der Waals surface area (Å²) in [6.07, 6.45) is -1.75. The van der Waals surface area contributed by atoms with Gasteiger partial charge in [-0.2, -0.15) is 0 Å². The van der Waals surface area contributed by atoms with Gasteiger partial charge in [-0.15, -0.1) is 0 Å². The average Bonchev–Trinajstić information content (AvgIpc) is 2.16. The summed E-state index contributed by atoms with van der Waals surface area (Å²) in [6.45, 7) is 0. The summed E-state index contributed by atoms with van der Waals surface area (Å²) in [6, 6.07) is 1.09. The fraction of sp³-hybridized carbons (Fsp3) is 0.286. The Balaban J connectivity index is 3.24. The van der Waals surface area contributed by atoms with Crippen molar-refractivity contribution in [3.05, 3.63) is 33.6 Å². The molecule has 0 aromatic carbocycles. The number of aromatic nitrogens is 1.